The minimum atomic E-state index is -0.418. The fourth-order valence-electron chi connectivity index (χ4n) is 1.28. The summed E-state index contributed by atoms with van der Waals surface area (Å²) in [6, 6.07) is 4.19. The van der Waals surface area contributed by atoms with Crippen molar-refractivity contribution in [3.63, 3.8) is 0 Å². The van der Waals surface area contributed by atoms with Gasteiger partial charge in [-0.05, 0) is 41.1 Å². The first-order valence-corrected chi connectivity index (χ1v) is 5.53. The van der Waals surface area contributed by atoms with Crippen LogP contribution >= 0.6 is 15.9 Å². The van der Waals surface area contributed by atoms with Gasteiger partial charge in [-0.2, -0.15) is 0 Å². The molecule has 2 aromatic rings. The summed E-state index contributed by atoms with van der Waals surface area (Å²) < 4.78 is 18.2. The van der Waals surface area contributed by atoms with E-state index in [-0.39, 0.29) is 16.1 Å². The van der Waals surface area contributed by atoms with Crippen molar-refractivity contribution in [2.24, 2.45) is 0 Å². The topological polar surface area (TPSA) is 55.1 Å². The molecule has 0 radical (unpaired) electrons. The van der Waals surface area contributed by atoms with Crippen molar-refractivity contribution in [3.05, 3.63) is 46.3 Å². The normalized spacial score (nSPS) is 10.3. The van der Waals surface area contributed by atoms with Crippen LogP contribution in [-0.2, 0) is 0 Å². The number of rotatable bonds is 2. The van der Waals surface area contributed by atoms with Crippen molar-refractivity contribution in [1.29, 1.82) is 0 Å². The molecule has 0 saturated carbocycles. The predicted octanol–water partition coefficient (Wildman–Crippen LogP) is 3.14. The average Bonchev–Trinajstić information content (AvgIpc) is 2.70. The Labute approximate surface area is 105 Å². The van der Waals surface area contributed by atoms with Crippen LogP contribution in [0.3, 0.4) is 0 Å². The molecule has 0 fully saturated rings. The minimum absolute atomic E-state index is 0.144. The van der Waals surface area contributed by atoms with Gasteiger partial charge in [0.05, 0.1) is 10.2 Å². The summed E-state index contributed by atoms with van der Waals surface area (Å²) >= 11 is 3.04. The third-order valence-electron chi connectivity index (χ3n) is 2.13. The zero-order valence-electron chi connectivity index (χ0n) is 8.83. The van der Waals surface area contributed by atoms with E-state index < -0.39 is 5.91 Å². The number of carbonyl (C=O) groups is 1. The van der Waals surface area contributed by atoms with Gasteiger partial charge in [-0.25, -0.2) is 9.37 Å². The van der Waals surface area contributed by atoms with Crippen LogP contribution in [-0.4, -0.2) is 10.9 Å². The standard InChI is InChI=1S/C11H8BrFN2O2/c1-6-10(17-5-14-6)11(16)15-7-2-3-9(13)8(12)4-7/h2-5H,1H3,(H,15,16). The monoisotopic (exact) mass is 298 g/mol. The Morgan fingerprint density at radius 3 is 2.88 bits per heavy atom. The lowest BCUT2D eigenvalue weighted by Gasteiger charge is -2.04. The van der Waals surface area contributed by atoms with Gasteiger partial charge < -0.3 is 9.73 Å². The first kappa shape index (κ1) is 11.8. The van der Waals surface area contributed by atoms with E-state index in [1.165, 1.54) is 24.6 Å². The molecule has 0 bridgehead atoms. The fraction of sp³-hybridized carbons (Fsp3) is 0.0909. The van der Waals surface area contributed by atoms with Crippen LogP contribution in [0, 0.1) is 12.7 Å². The van der Waals surface area contributed by atoms with Crippen LogP contribution in [0.25, 0.3) is 0 Å². The number of oxazole rings is 1. The maximum Gasteiger partial charge on any atom is 0.293 e. The van der Waals surface area contributed by atoms with Gasteiger partial charge in [0.1, 0.15) is 5.82 Å². The van der Waals surface area contributed by atoms with Crippen LogP contribution < -0.4 is 5.32 Å². The van der Waals surface area contributed by atoms with E-state index in [9.17, 15) is 9.18 Å². The van der Waals surface area contributed by atoms with Gasteiger partial charge in [0.25, 0.3) is 5.91 Å². The molecule has 1 amide bonds. The Morgan fingerprint density at radius 2 is 2.29 bits per heavy atom. The molecule has 88 valence electrons. The van der Waals surface area contributed by atoms with Crippen LogP contribution in [0.5, 0.6) is 0 Å². The van der Waals surface area contributed by atoms with E-state index >= 15 is 0 Å². The average molecular weight is 299 g/mol. The predicted molar refractivity (Wildman–Crippen MR) is 63.3 cm³/mol. The summed E-state index contributed by atoms with van der Waals surface area (Å²) in [4.78, 5) is 15.6. The van der Waals surface area contributed by atoms with Gasteiger partial charge in [-0.1, -0.05) is 0 Å². The van der Waals surface area contributed by atoms with Gasteiger partial charge in [0.2, 0.25) is 5.76 Å². The zero-order valence-corrected chi connectivity index (χ0v) is 10.4. The van der Waals surface area contributed by atoms with Crippen molar-refractivity contribution >= 4 is 27.5 Å². The molecule has 1 aromatic heterocycles. The van der Waals surface area contributed by atoms with Gasteiger partial charge in [0.15, 0.2) is 6.39 Å². The second-order valence-corrected chi connectivity index (χ2v) is 4.20. The molecule has 6 heteroatoms. The lowest BCUT2D eigenvalue weighted by atomic mass is 10.3. The summed E-state index contributed by atoms with van der Waals surface area (Å²) in [5.41, 5.74) is 0.975. The Bertz CT molecular complexity index is 568. The number of aromatic nitrogens is 1. The molecule has 0 saturated heterocycles. The third kappa shape index (κ3) is 2.52. The molecule has 0 spiro atoms. The number of hydrogen-bond acceptors (Lipinski definition) is 3. The lowest BCUT2D eigenvalue weighted by Crippen LogP contribution is -2.12. The van der Waals surface area contributed by atoms with Crippen molar-refractivity contribution in [3.8, 4) is 0 Å². The third-order valence-corrected chi connectivity index (χ3v) is 2.74. The summed E-state index contributed by atoms with van der Waals surface area (Å²) in [7, 11) is 0. The number of amides is 1. The van der Waals surface area contributed by atoms with Gasteiger partial charge >= 0.3 is 0 Å². The van der Waals surface area contributed by atoms with Crippen LogP contribution in [0.2, 0.25) is 0 Å². The quantitative estimate of drug-likeness (QED) is 0.927. The van der Waals surface area contributed by atoms with Crippen molar-refractivity contribution in [2.75, 3.05) is 5.32 Å². The van der Waals surface area contributed by atoms with E-state index in [1.807, 2.05) is 0 Å². The second-order valence-electron chi connectivity index (χ2n) is 3.35. The largest absolute Gasteiger partial charge is 0.438 e. The number of carbonyl (C=O) groups excluding carboxylic acids is 1. The summed E-state index contributed by atoms with van der Waals surface area (Å²) in [6.45, 7) is 1.67. The van der Waals surface area contributed by atoms with E-state index in [2.05, 4.69) is 26.2 Å². The van der Waals surface area contributed by atoms with E-state index in [4.69, 9.17) is 4.42 Å². The molecule has 0 aliphatic carbocycles. The summed E-state index contributed by atoms with van der Waals surface area (Å²) in [6.07, 6.45) is 1.20. The molecule has 0 aliphatic rings. The van der Waals surface area contributed by atoms with Crippen molar-refractivity contribution < 1.29 is 13.6 Å². The smallest absolute Gasteiger partial charge is 0.293 e. The maximum absolute atomic E-state index is 13.0. The molecule has 0 aliphatic heterocycles. The minimum Gasteiger partial charge on any atom is -0.438 e. The lowest BCUT2D eigenvalue weighted by molar-refractivity contribution is 0.0996. The van der Waals surface area contributed by atoms with Crippen LogP contribution in [0.1, 0.15) is 16.2 Å². The van der Waals surface area contributed by atoms with Crippen LogP contribution in [0.4, 0.5) is 10.1 Å². The number of anilines is 1. The Morgan fingerprint density at radius 1 is 1.53 bits per heavy atom. The van der Waals surface area contributed by atoms with Crippen molar-refractivity contribution in [1.82, 2.24) is 4.98 Å². The fourth-order valence-corrected chi connectivity index (χ4v) is 1.66. The number of nitrogens with one attached hydrogen (secondary N) is 1. The number of benzene rings is 1. The molecule has 17 heavy (non-hydrogen) atoms. The number of hydrogen-bond donors (Lipinski definition) is 1. The van der Waals surface area contributed by atoms with Gasteiger partial charge in [-0.3, -0.25) is 4.79 Å². The number of nitrogens with zero attached hydrogens (tertiary/aromatic N) is 1. The number of aryl methyl sites for hydroxylation is 1. The molecule has 1 N–H and O–H groups in total. The molecular weight excluding hydrogens is 291 g/mol. The highest BCUT2D eigenvalue weighted by atomic mass is 79.9. The van der Waals surface area contributed by atoms with E-state index in [0.717, 1.165) is 0 Å². The molecule has 4 nitrogen and oxygen atoms in total. The van der Waals surface area contributed by atoms with Gasteiger partial charge in [-0.15, -0.1) is 0 Å². The maximum atomic E-state index is 13.0. The molecule has 2 rings (SSSR count). The Balaban J connectivity index is 2.19. The highest BCUT2D eigenvalue weighted by Gasteiger charge is 2.14. The zero-order chi connectivity index (χ0) is 12.4. The van der Waals surface area contributed by atoms with E-state index in [0.29, 0.717) is 11.4 Å². The molecule has 0 unspecified atom stereocenters. The highest BCUT2D eigenvalue weighted by Crippen LogP contribution is 2.20. The Hall–Kier alpha value is -1.69. The second kappa shape index (κ2) is 4.67. The first-order valence-electron chi connectivity index (χ1n) is 4.74. The molecular formula is C11H8BrFN2O2. The molecule has 1 heterocycles. The van der Waals surface area contributed by atoms with E-state index in [1.54, 1.807) is 6.92 Å². The first-order chi connectivity index (χ1) is 8.08. The molecule has 1 aromatic carbocycles. The summed E-state index contributed by atoms with van der Waals surface area (Å²) in [5, 5.41) is 2.58. The number of halogens is 2. The Kier molecular flexibility index (Phi) is 3.23. The van der Waals surface area contributed by atoms with Crippen molar-refractivity contribution in [2.45, 2.75) is 6.92 Å². The SMILES string of the molecule is Cc1ncoc1C(=O)Nc1ccc(F)c(Br)c1. The van der Waals surface area contributed by atoms with Gasteiger partial charge in [0, 0.05) is 5.69 Å². The van der Waals surface area contributed by atoms with Crippen LogP contribution in [0.15, 0.2) is 33.5 Å². The summed E-state index contributed by atoms with van der Waals surface area (Å²) in [5.74, 6) is -0.664. The molecule has 0 atom stereocenters. The highest BCUT2D eigenvalue weighted by molar-refractivity contribution is 9.10.